The minimum absolute atomic E-state index is 0.0893. The first kappa shape index (κ1) is 11.6. The van der Waals surface area contributed by atoms with Crippen molar-refractivity contribution in [3.05, 3.63) is 0 Å². The Hall–Kier alpha value is -0.430. The monoisotopic (exact) mass is 194 g/mol. The van der Waals surface area contributed by atoms with Crippen LogP contribution in [0, 0.1) is 0 Å². The van der Waals surface area contributed by atoms with E-state index in [4.69, 9.17) is 0 Å². The molecule has 0 aliphatic carbocycles. The summed E-state index contributed by atoms with van der Waals surface area (Å²) in [6.07, 6.45) is -5.59. The Balaban J connectivity index is 3.88. The fourth-order valence-electron chi connectivity index (χ4n) is 0.281. The van der Waals surface area contributed by atoms with Gasteiger partial charge in [0.1, 0.15) is 0 Å². The lowest BCUT2D eigenvalue weighted by Gasteiger charge is -2.18. The van der Waals surface area contributed by atoms with Gasteiger partial charge in [-0.3, -0.25) is 0 Å². The van der Waals surface area contributed by atoms with Gasteiger partial charge >= 0.3 is 12.1 Å². The van der Waals surface area contributed by atoms with Crippen molar-refractivity contribution in [3.8, 4) is 0 Å². The topological polar surface area (TPSA) is 18.5 Å². The molecule has 2 nitrogen and oxygen atoms in total. The van der Waals surface area contributed by atoms with Crippen molar-refractivity contribution in [2.45, 2.75) is 19.0 Å². The van der Waals surface area contributed by atoms with Crippen LogP contribution in [0.25, 0.3) is 0 Å². The van der Waals surface area contributed by atoms with Crippen LogP contribution >= 0.6 is 0 Å². The molecule has 12 heavy (non-hydrogen) atoms. The lowest BCUT2D eigenvalue weighted by molar-refractivity contribution is -0.366. The first-order valence-corrected chi connectivity index (χ1v) is 3.00. The highest BCUT2D eigenvalue weighted by molar-refractivity contribution is 4.74. The molecule has 0 unspecified atom stereocenters. The smallest absolute Gasteiger partial charge is 0.237 e. The van der Waals surface area contributed by atoms with Gasteiger partial charge in [0.15, 0.2) is 6.61 Å². The number of halogens is 5. The zero-order chi connectivity index (χ0) is 9.83. The molecule has 0 aromatic heterocycles. The van der Waals surface area contributed by atoms with Gasteiger partial charge in [0.05, 0.1) is 6.61 Å². The molecule has 0 radical (unpaired) electrons. The molecule has 0 heterocycles. The molecule has 0 saturated heterocycles. The van der Waals surface area contributed by atoms with Gasteiger partial charge in [-0.2, -0.15) is 22.0 Å². The second kappa shape index (κ2) is 3.99. The Labute approximate surface area is 65.2 Å². The summed E-state index contributed by atoms with van der Waals surface area (Å²) in [6.45, 7) is -0.510. The highest BCUT2D eigenvalue weighted by Crippen LogP contribution is 2.35. The molecule has 0 aliphatic heterocycles. The third-order valence-electron chi connectivity index (χ3n) is 0.856. The minimum Gasteiger partial charge on any atom is -0.237 e. The Kier molecular flexibility index (Phi) is 3.85. The van der Waals surface area contributed by atoms with Gasteiger partial charge in [-0.15, -0.1) is 0 Å². The van der Waals surface area contributed by atoms with Crippen LogP contribution in [0.3, 0.4) is 0 Å². The van der Waals surface area contributed by atoms with E-state index < -0.39 is 18.7 Å². The Morgan fingerprint density at radius 3 is 1.83 bits per heavy atom. The average Bonchev–Trinajstić information content (AvgIpc) is 1.85. The minimum atomic E-state index is -5.59. The number of hydrogen-bond donors (Lipinski definition) is 0. The van der Waals surface area contributed by atoms with E-state index >= 15 is 0 Å². The van der Waals surface area contributed by atoms with Gasteiger partial charge in [-0.05, 0) is 6.92 Å². The first-order valence-electron chi connectivity index (χ1n) is 3.00. The third kappa shape index (κ3) is 3.31. The molecule has 0 aromatic rings. The van der Waals surface area contributed by atoms with Gasteiger partial charge in [0, 0.05) is 0 Å². The molecule has 0 bridgehead atoms. The molecule has 7 heteroatoms. The van der Waals surface area contributed by atoms with Crippen LogP contribution in [0.5, 0.6) is 0 Å². The van der Waals surface area contributed by atoms with Crippen LogP contribution in [0.1, 0.15) is 6.92 Å². The van der Waals surface area contributed by atoms with Crippen LogP contribution in [-0.4, -0.2) is 25.3 Å². The molecule has 0 fully saturated rings. The highest BCUT2D eigenvalue weighted by Gasteiger charge is 2.58. The molecule has 0 aromatic carbocycles. The van der Waals surface area contributed by atoms with Crippen LogP contribution in [0.4, 0.5) is 22.0 Å². The maximum absolute atomic E-state index is 11.9. The lowest BCUT2D eigenvalue weighted by Crippen LogP contribution is -2.40. The Morgan fingerprint density at radius 2 is 1.50 bits per heavy atom. The molecule has 0 N–H and O–H groups in total. The summed E-state index contributed by atoms with van der Waals surface area (Å²) in [7, 11) is 0. The fourth-order valence-corrected chi connectivity index (χ4v) is 0.281. The maximum Gasteiger partial charge on any atom is 0.455 e. The first-order chi connectivity index (χ1) is 5.31. The van der Waals surface area contributed by atoms with Crippen molar-refractivity contribution >= 4 is 0 Å². The van der Waals surface area contributed by atoms with E-state index in [1.165, 1.54) is 6.92 Å². The van der Waals surface area contributed by atoms with Crippen molar-refractivity contribution in [2.24, 2.45) is 0 Å². The van der Waals surface area contributed by atoms with E-state index in [1.807, 2.05) is 0 Å². The lowest BCUT2D eigenvalue weighted by atomic mass is 10.3. The van der Waals surface area contributed by atoms with Crippen molar-refractivity contribution in [2.75, 3.05) is 13.2 Å². The zero-order valence-electron chi connectivity index (χ0n) is 6.12. The van der Waals surface area contributed by atoms with E-state index in [0.29, 0.717) is 0 Å². The zero-order valence-corrected chi connectivity index (χ0v) is 6.12. The average molecular weight is 194 g/mol. The van der Waals surface area contributed by atoms with Crippen LogP contribution < -0.4 is 0 Å². The highest BCUT2D eigenvalue weighted by atomic mass is 19.4. The number of hydrogen-bond acceptors (Lipinski definition) is 2. The molecule has 74 valence electrons. The normalized spacial score (nSPS) is 13.5. The molecule has 0 saturated carbocycles. The van der Waals surface area contributed by atoms with Gasteiger partial charge in [-0.1, -0.05) is 0 Å². The summed E-state index contributed by atoms with van der Waals surface area (Å²) in [5.74, 6) is -4.86. The second-order valence-corrected chi connectivity index (χ2v) is 1.87. The maximum atomic E-state index is 11.9. The molecule has 0 amide bonds. The second-order valence-electron chi connectivity index (χ2n) is 1.87. The van der Waals surface area contributed by atoms with Crippen molar-refractivity contribution in [1.29, 1.82) is 0 Å². The van der Waals surface area contributed by atoms with Crippen molar-refractivity contribution < 1.29 is 31.7 Å². The fraction of sp³-hybridized carbons (Fsp3) is 1.00. The van der Waals surface area contributed by atoms with E-state index in [2.05, 4.69) is 9.78 Å². The Bertz CT molecular complexity index is 132. The number of alkyl halides is 5. The molecular weight excluding hydrogens is 187 g/mol. The summed E-state index contributed by atoms with van der Waals surface area (Å²) in [5, 5.41) is 0. The van der Waals surface area contributed by atoms with Gasteiger partial charge in [0.25, 0.3) is 0 Å². The van der Waals surface area contributed by atoms with Crippen LogP contribution in [0.2, 0.25) is 0 Å². The molecule has 0 aliphatic rings. The molecule has 0 rings (SSSR count). The number of rotatable bonds is 4. The molecule has 0 spiro atoms. The van der Waals surface area contributed by atoms with Crippen molar-refractivity contribution in [1.82, 2.24) is 0 Å². The standard InChI is InChI=1S/C5H7F5O2/c1-2-11-12-3-4(6,7)5(8,9)10/h2-3H2,1H3. The van der Waals surface area contributed by atoms with E-state index in [1.54, 1.807) is 0 Å². The molecule has 0 atom stereocenters. The summed E-state index contributed by atoms with van der Waals surface area (Å²) in [5.41, 5.74) is 0. The van der Waals surface area contributed by atoms with E-state index in [9.17, 15) is 22.0 Å². The summed E-state index contributed by atoms with van der Waals surface area (Å²) < 4.78 is 58.0. The SMILES string of the molecule is CCOOCC(F)(F)C(F)(F)F. The largest absolute Gasteiger partial charge is 0.455 e. The quantitative estimate of drug-likeness (QED) is 0.295. The summed E-state index contributed by atoms with van der Waals surface area (Å²) >= 11 is 0. The summed E-state index contributed by atoms with van der Waals surface area (Å²) in [6, 6.07) is 0. The van der Waals surface area contributed by atoms with Crippen LogP contribution in [-0.2, 0) is 9.78 Å². The predicted octanol–water partition coefficient (Wildman–Crippen LogP) is 2.15. The van der Waals surface area contributed by atoms with Crippen LogP contribution in [0.15, 0.2) is 0 Å². The Morgan fingerprint density at radius 1 is 1.00 bits per heavy atom. The third-order valence-corrected chi connectivity index (χ3v) is 0.856. The van der Waals surface area contributed by atoms with E-state index in [0.717, 1.165) is 0 Å². The van der Waals surface area contributed by atoms with Gasteiger partial charge < -0.3 is 0 Å². The van der Waals surface area contributed by atoms with Gasteiger partial charge in [-0.25, -0.2) is 9.78 Å². The van der Waals surface area contributed by atoms with Crippen molar-refractivity contribution in [3.63, 3.8) is 0 Å². The molecular formula is C5H7F5O2. The summed E-state index contributed by atoms with van der Waals surface area (Å²) in [4.78, 5) is 7.49. The van der Waals surface area contributed by atoms with Gasteiger partial charge in [0.2, 0.25) is 0 Å². The van der Waals surface area contributed by atoms with E-state index in [-0.39, 0.29) is 6.61 Å². The predicted molar refractivity (Wildman–Crippen MR) is 28.6 cm³/mol.